The van der Waals surface area contributed by atoms with E-state index in [-0.39, 0.29) is 0 Å². The molecule has 1 aliphatic rings. The fourth-order valence-electron chi connectivity index (χ4n) is 3.08. The minimum absolute atomic E-state index is 0.294. The fraction of sp³-hybridized carbons (Fsp3) is 0.688. The van der Waals surface area contributed by atoms with Crippen LogP contribution in [0.2, 0.25) is 0 Å². The maximum absolute atomic E-state index is 12.5. The van der Waals surface area contributed by atoms with Crippen LogP contribution in [0.3, 0.4) is 0 Å². The molecule has 1 aromatic rings. The molecule has 0 saturated heterocycles. The van der Waals surface area contributed by atoms with Crippen molar-refractivity contribution in [2.75, 3.05) is 13.1 Å². The van der Waals surface area contributed by atoms with E-state index in [1.165, 1.54) is 10.4 Å². The Morgan fingerprint density at radius 2 is 2.35 bits per heavy atom. The first-order valence-electron chi connectivity index (χ1n) is 7.73. The van der Waals surface area contributed by atoms with Gasteiger partial charge >= 0.3 is 0 Å². The van der Waals surface area contributed by atoms with Gasteiger partial charge in [-0.05, 0) is 55.2 Å². The van der Waals surface area contributed by atoms with Crippen molar-refractivity contribution in [3.05, 3.63) is 21.9 Å². The number of thiophene rings is 1. The summed E-state index contributed by atoms with van der Waals surface area (Å²) in [5.74, 6) is 0.864. The SMILES string of the molecule is CCC1c2ccsc2CCN1C(=O)CCC(C)CCN. The third kappa shape index (κ3) is 3.41. The first-order chi connectivity index (χ1) is 9.67. The Bertz CT molecular complexity index is 443. The minimum Gasteiger partial charge on any atom is -0.335 e. The third-order valence-corrected chi connectivity index (χ3v) is 5.31. The molecule has 0 saturated carbocycles. The maximum Gasteiger partial charge on any atom is 0.223 e. The molecule has 3 nitrogen and oxygen atoms in total. The monoisotopic (exact) mass is 294 g/mol. The zero-order chi connectivity index (χ0) is 14.5. The van der Waals surface area contributed by atoms with Crippen LogP contribution in [0.15, 0.2) is 11.4 Å². The van der Waals surface area contributed by atoms with E-state index in [1.807, 2.05) is 11.3 Å². The van der Waals surface area contributed by atoms with Crippen LogP contribution in [0.25, 0.3) is 0 Å². The molecule has 1 aromatic heterocycles. The lowest BCUT2D eigenvalue weighted by atomic mass is 9.96. The van der Waals surface area contributed by atoms with Crippen molar-refractivity contribution in [3.63, 3.8) is 0 Å². The first-order valence-corrected chi connectivity index (χ1v) is 8.61. The van der Waals surface area contributed by atoms with Gasteiger partial charge in [0.15, 0.2) is 0 Å². The number of rotatable bonds is 6. The summed E-state index contributed by atoms with van der Waals surface area (Å²) in [6.45, 7) is 5.96. The highest BCUT2D eigenvalue weighted by Gasteiger charge is 2.29. The first kappa shape index (κ1) is 15.5. The summed E-state index contributed by atoms with van der Waals surface area (Å²) < 4.78 is 0. The van der Waals surface area contributed by atoms with Gasteiger partial charge in [-0.2, -0.15) is 0 Å². The van der Waals surface area contributed by atoms with Crippen LogP contribution in [-0.2, 0) is 11.2 Å². The van der Waals surface area contributed by atoms with Crippen LogP contribution in [-0.4, -0.2) is 23.9 Å². The number of fused-ring (bicyclic) bond motifs is 1. The van der Waals surface area contributed by atoms with Gasteiger partial charge in [-0.3, -0.25) is 4.79 Å². The average Bonchev–Trinajstić information content (AvgIpc) is 2.92. The lowest BCUT2D eigenvalue weighted by Gasteiger charge is -2.35. The Balaban J connectivity index is 1.96. The number of nitrogens with two attached hydrogens (primary N) is 1. The zero-order valence-electron chi connectivity index (χ0n) is 12.6. The van der Waals surface area contributed by atoms with Crippen LogP contribution >= 0.6 is 11.3 Å². The van der Waals surface area contributed by atoms with Crippen molar-refractivity contribution in [2.24, 2.45) is 11.7 Å². The van der Waals surface area contributed by atoms with Gasteiger partial charge in [-0.1, -0.05) is 13.8 Å². The summed E-state index contributed by atoms with van der Waals surface area (Å²) in [6, 6.07) is 2.49. The topological polar surface area (TPSA) is 46.3 Å². The summed E-state index contributed by atoms with van der Waals surface area (Å²) in [6.07, 6.45) is 4.66. The van der Waals surface area contributed by atoms with Crippen LogP contribution in [0.1, 0.15) is 56.0 Å². The smallest absolute Gasteiger partial charge is 0.223 e. The summed E-state index contributed by atoms with van der Waals surface area (Å²) >= 11 is 1.83. The zero-order valence-corrected chi connectivity index (χ0v) is 13.4. The van der Waals surface area contributed by atoms with E-state index < -0.39 is 0 Å². The minimum atomic E-state index is 0.294. The molecule has 1 aliphatic heterocycles. The molecule has 4 heteroatoms. The number of amides is 1. The molecule has 1 amide bonds. The lowest BCUT2D eigenvalue weighted by Crippen LogP contribution is -2.39. The average molecular weight is 294 g/mol. The maximum atomic E-state index is 12.5. The molecule has 0 aromatic carbocycles. The molecule has 112 valence electrons. The third-order valence-electron chi connectivity index (χ3n) is 4.31. The van der Waals surface area contributed by atoms with Gasteiger partial charge in [0.2, 0.25) is 5.91 Å². The summed E-state index contributed by atoms with van der Waals surface area (Å²) in [5.41, 5.74) is 6.95. The van der Waals surface area contributed by atoms with Crippen LogP contribution in [0.4, 0.5) is 0 Å². The van der Waals surface area contributed by atoms with Crippen molar-refractivity contribution in [1.29, 1.82) is 0 Å². The van der Waals surface area contributed by atoms with Crippen molar-refractivity contribution < 1.29 is 4.79 Å². The summed E-state index contributed by atoms with van der Waals surface area (Å²) in [7, 11) is 0. The highest BCUT2D eigenvalue weighted by atomic mass is 32.1. The van der Waals surface area contributed by atoms with E-state index >= 15 is 0 Å². The van der Waals surface area contributed by atoms with Gasteiger partial charge in [0.25, 0.3) is 0 Å². The second-order valence-electron chi connectivity index (χ2n) is 5.78. The van der Waals surface area contributed by atoms with Crippen LogP contribution in [0.5, 0.6) is 0 Å². The summed E-state index contributed by atoms with van der Waals surface area (Å²) in [5, 5.41) is 2.16. The highest BCUT2D eigenvalue weighted by Crippen LogP contribution is 2.35. The highest BCUT2D eigenvalue weighted by molar-refractivity contribution is 7.10. The predicted molar refractivity (Wildman–Crippen MR) is 84.8 cm³/mol. The second kappa shape index (κ2) is 7.23. The van der Waals surface area contributed by atoms with E-state index in [2.05, 4.69) is 30.2 Å². The molecule has 2 rings (SSSR count). The number of nitrogens with zero attached hydrogens (tertiary/aromatic N) is 1. The standard InChI is InChI=1S/C16H26N2OS/c1-3-14-13-8-11-20-15(13)7-10-18(14)16(19)5-4-12(2)6-9-17/h8,11-12,14H,3-7,9-10,17H2,1-2H3. The van der Waals surface area contributed by atoms with Crippen LogP contribution < -0.4 is 5.73 Å². The second-order valence-corrected chi connectivity index (χ2v) is 6.78. The molecule has 0 spiro atoms. The van der Waals surface area contributed by atoms with Crippen LogP contribution in [0, 0.1) is 5.92 Å². The Hall–Kier alpha value is -0.870. The normalized spacial score (nSPS) is 19.8. The Kier molecular flexibility index (Phi) is 5.61. The number of carbonyl (C=O) groups is 1. The Morgan fingerprint density at radius 1 is 1.55 bits per heavy atom. The quantitative estimate of drug-likeness (QED) is 0.874. The molecule has 20 heavy (non-hydrogen) atoms. The number of hydrogen-bond acceptors (Lipinski definition) is 3. The summed E-state index contributed by atoms with van der Waals surface area (Å²) in [4.78, 5) is 16.1. The van der Waals surface area contributed by atoms with E-state index in [0.717, 1.165) is 38.8 Å². The molecular formula is C16H26N2OS. The van der Waals surface area contributed by atoms with E-state index in [4.69, 9.17) is 5.73 Å². The van der Waals surface area contributed by atoms with Crippen molar-refractivity contribution in [1.82, 2.24) is 4.90 Å². The molecule has 2 unspecified atom stereocenters. The largest absolute Gasteiger partial charge is 0.335 e. The molecule has 0 bridgehead atoms. The van der Waals surface area contributed by atoms with Gasteiger partial charge in [0.1, 0.15) is 0 Å². The number of carbonyl (C=O) groups excluding carboxylic acids is 1. The molecule has 0 fully saturated rings. The van der Waals surface area contributed by atoms with Crippen molar-refractivity contribution >= 4 is 17.2 Å². The van der Waals surface area contributed by atoms with Gasteiger partial charge in [-0.15, -0.1) is 11.3 Å². The van der Waals surface area contributed by atoms with E-state index in [1.54, 1.807) is 0 Å². The molecule has 2 heterocycles. The molecule has 2 atom stereocenters. The van der Waals surface area contributed by atoms with E-state index in [0.29, 0.717) is 24.3 Å². The molecule has 2 N–H and O–H groups in total. The van der Waals surface area contributed by atoms with Crippen molar-refractivity contribution in [3.8, 4) is 0 Å². The molecule has 0 aliphatic carbocycles. The lowest BCUT2D eigenvalue weighted by molar-refractivity contribution is -0.134. The Labute approximate surface area is 126 Å². The Morgan fingerprint density at radius 3 is 3.05 bits per heavy atom. The number of hydrogen-bond donors (Lipinski definition) is 1. The molecular weight excluding hydrogens is 268 g/mol. The fourth-order valence-corrected chi connectivity index (χ4v) is 4.01. The van der Waals surface area contributed by atoms with Gasteiger partial charge in [0, 0.05) is 17.8 Å². The van der Waals surface area contributed by atoms with E-state index in [9.17, 15) is 4.79 Å². The van der Waals surface area contributed by atoms with Crippen molar-refractivity contribution in [2.45, 2.75) is 52.0 Å². The van der Waals surface area contributed by atoms with Gasteiger partial charge in [-0.25, -0.2) is 0 Å². The molecule has 0 radical (unpaired) electrons. The van der Waals surface area contributed by atoms with Gasteiger partial charge in [0.05, 0.1) is 6.04 Å². The predicted octanol–water partition coefficient (Wildman–Crippen LogP) is 3.35. The van der Waals surface area contributed by atoms with Gasteiger partial charge < -0.3 is 10.6 Å².